The average molecular weight is 362 g/mol. The summed E-state index contributed by atoms with van der Waals surface area (Å²) in [5, 5.41) is 13.8. The summed E-state index contributed by atoms with van der Waals surface area (Å²) < 4.78 is 0. The highest BCUT2D eigenvalue weighted by molar-refractivity contribution is 7.98. The quantitative estimate of drug-likeness (QED) is 0.303. The monoisotopic (exact) mass is 362 g/mol. The molecule has 0 aliphatic rings. The smallest absolute Gasteiger partial charge is 0.326 e. The molecule has 0 spiro atoms. The van der Waals surface area contributed by atoms with Gasteiger partial charge in [-0.15, -0.1) is 0 Å². The van der Waals surface area contributed by atoms with Crippen LogP contribution in [0.3, 0.4) is 0 Å². The summed E-state index contributed by atoms with van der Waals surface area (Å²) in [5.74, 6) is -3.03. The van der Waals surface area contributed by atoms with Gasteiger partial charge in [-0.3, -0.25) is 14.4 Å². The van der Waals surface area contributed by atoms with Crippen LogP contribution in [0.15, 0.2) is 0 Å². The van der Waals surface area contributed by atoms with Crippen LogP contribution < -0.4 is 22.1 Å². The summed E-state index contributed by atoms with van der Waals surface area (Å²) in [6, 6.07) is -3.17. The molecule has 0 aliphatic heterocycles. The fourth-order valence-electron chi connectivity index (χ4n) is 1.83. The van der Waals surface area contributed by atoms with Crippen molar-refractivity contribution in [2.75, 3.05) is 12.0 Å². The Morgan fingerprint density at radius 1 is 1.12 bits per heavy atom. The molecule has 0 radical (unpaired) electrons. The fraction of sp³-hybridized carbons (Fsp3) is 0.714. The van der Waals surface area contributed by atoms with Gasteiger partial charge < -0.3 is 27.2 Å². The van der Waals surface area contributed by atoms with Crippen molar-refractivity contribution in [2.45, 2.75) is 44.8 Å². The number of nitrogens with one attached hydrogen (secondary N) is 2. The molecule has 0 aromatic carbocycles. The van der Waals surface area contributed by atoms with Gasteiger partial charge >= 0.3 is 5.97 Å². The number of primary amides is 1. The third kappa shape index (κ3) is 8.16. The molecular formula is C14H26N4O5S. The molecule has 0 saturated heterocycles. The third-order valence-electron chi connectivity index (χ3n) is 3.24. The van der Waals surface area contributed by atoms with Gasteiger partial charge in [-0.25, -0.2) is 4.79 Å². The highest BCUT2D eigenvalue weighted by Crippen LogP contribution is 2.05. The van der Waals surface area contributed by atoms with Gasteiger partial charge in [0.05, 0.1) is 12.5 Å². The molecule has 0 rings (SSSR count). The van der Waals surface area contributed by atoms with E-state index in [-0.39, 0.29) is 5.92 Å². The van der Waals surface area contributed by atoms with Crippen molar-refractivity contribution in [3.8, 4) is 0 Å². The van der Waals surface area contributed by atoms with Gasteiger partial charge in [0.2, 0.25) is 17.7 Å². The molecule has 0 bridgehead atoms. The van der Waals surface area contributed by atoms with Crippen LogP contribution in [-0.4, -0.2) is 58.9 Å². The summed E-state index contributed by atoms with van der Waals surface area (Å²) in [6.07, 6.45) is 1.81. The predicted molar refractivity (Wildman–Crippen MR) is 91.1 cm³/mol. The van der Waals surface area contributed by atoms with Crippen molar-refractivity contribution in [1.82, 2.24) is 10.6 Å². The van der Waals surface area contributed by atoms with E-state index in [2.05, 4.69) is 10.6 Å². The Labute approximate surface area is 145 Å². The highest BCUT2D eigenvalue weighted by atomic mass is 32.2. The van der Waals surface area contributed by atoms with Crippen molar-refractivity contribution in [2.24, 2.45) is 17.4 Å². The molecule has 138 valence electrons. The fourth-order valence-corrected chi connectivity index (χ4v) is 2.32. The Kier molecular flexibility index (Phi) is 10.0. The normalized spacial score (nSPS) is 14.5. The lowest BCUT2D eigenvalue weighted by Gasteiger charge is -2.25. The molecule has 3 amide bonds. The summed E-state index contributed by atoms with van der Waals surface area (Å²) in [7, 11) is 0. The molecular weight excluding hydrogens is 336 g/mol. The Hall–Kier alpha value is -1.81. The number of hydrogen-bond donors (Lipinski definition) is 5. The van der Waals surface area contributed by atoms with E-state index in [0.717, 1.165) is 0 Å². The molecule has 9 nitrogen and oxygen atoms in total. The molecule has 3 unspecified atom stereocenters. The zero-order chi connectivity index (χ0) is 18.9. The minimum Gasteiger partial charge on any atom is -0.480 e. The van der Waals surface area contributed by atoms with Gasteiger partial charge in [0.15, 0.2) is 0 Å². The zero-order valence-corrected chi connectivity index (χ0v) is 14.9. The molecule has 0 heterocycles. The molecule has 10 heteroatoms. The van der Waals surface area contributed by atoms with E-state index in [1.54, 1.807) is 25.6 Å². The predicted octanol–water partition coefficient (Wildman–Crippen LogP) is -1.35. The SMILES string of the molecule is CSCCC(N)C(=O)NC(C(=O)NC(CC(N)=O)C(=O)O)C(C)C. The maximum absolute atomic E-state index is 12.3. The first-order valence-electron chi connectivity index (χ1n) is 7.46. The van der Waals surface area contributed by atoms with E-state index in [4.69, 9.17) is 16.6 Å². The van der Waals surface area contributed by atoms with Crippen LogP contribution >= 0.6 is 11.8 Å². The molecule has 7 N–H and O–H groups in total. The van der Waals surface area contributed by atoms with Gasteiger partial charge in [-0.1, -0.05) is 13.8 Å². The van der Waals surface area contributed by atoms with Gasteiger partial charge in [0, 0.05) is 0 Å². The van der Waals surface area contributed by atoms with E-state index in [1.165, 1.54) is 0 Å². The van der Waals surface area contributed by atoms with E-state index >= 15 is 0 Å². The third-order valence-corrected chi connectivity index (χ3v) is 3.88. The number of rotatable bonds is 11. The molecule has 24 heavy (non-hydrogen) atoms. The molecule has 0 saturated carbocycles. The second-order valence-corrected chi connectivity index (χ2v) is 6.67. The van der Waals surface area contributed by atoms with E-state index in [0.29, 0.717) is 12.2 Å². The van der Waals surface area contributed by atoms with E-state index in [1.807, 2.05) is 6.26 Å². The summed E-state index contributed by atoms with van der Waals surface area (Å²) in [4.78, 5) is 46.3. The summed E-state index contributed by atoms with van der Waals surface area (Å²) in [5.41, 5.74) is 10.7. The lowest BCUT2D eigenvalue weighted by Crippen LogP contribution is -2.56. The first-order chi connectivity index (χ1) is 11.1. The molecule has 3 atom stereocenters. The highest BCUT2D eigenvalue weighted by Gasteiger charge is 2.30. The van der Waals surface area contributed by atoms with E-state index < -0.39 is 48.2 Å². The second kappa shape index (κ2) is 10.9. The van der Waals surface area contributed by atoms with E-state index in [9.17, 15) is 19.2 Å². The van der Waals surface area contributed by atoms with Gasteiger partial charge in [-0.05, 0) is 24.3 Å². The number of carboxylic acids is 1. The Balaban J connectivity index is 4.91. The summed E-state index contributed by atoms with van der Waals surface area (Å²) >= 11 is 1.55. The first-order valence-corrected chi connectivity index (χ1v) is 8.85. The topological polar surface area (TPSA) is 165 Å². The number of amides is 3. The van der Waals surface area contributed by atoms with Crippen molar-refractivity contribution in [3.05, 3.63) is 0 Å². The lowest BCUT2D eigenvalue weighted by atomic mass is 10.0. The Morgan fingerprint density at radius 2 is 1.71 bits per heavy atom. The van der Waals surface area contributed by atoms with Gasteiger partial charge in [0.25, 0.3) is 0 Å². The lowest BCUT2D eigenvalue weighted by molar-refractivity contribution is -0.144. The average Bonchev–Trinajstić information content (AvgIpc) is 2.47. The Morgan fingerprint density at radius 3 is 2.12 bits per heavy atom. The summed E-state index contributed by atoms with van der Waals surface area (Å²) in [6.45, 7) is 3.39. The van der Waals surface area contributed by atoms with Crippen LogP contribution in [0.5, 0.6) is 0 Å². The standard InChI is InChI=1S/C14H26N4O5S/c1-7(2)11(18-12(20)8(15)4-5-24-3)13(21)17-9(14(22)23)6-10(16)19/h7-9,11H,4-6,15H2,1-3H3,(H2,16,19)(H,17,21)(H,18,20)(H,22,23). The minimum absolute atomic E-state index is 0.301. The van der Waals surface area contributed by atoms with Crippen LogP contribution in [-0.2, 0) is 19.2 Å². The van der Waals surface area contributed by atoms with Crippen molar-refractivity contribution in [3.63, 3.8) is 0 Å². The van der Waals surface area contributed by atoms with Crippen LogP contribution in [0.25, 0.3) is 0 Å². The molecule has 0 aromatic rings. The largest absolute Gasteiger partial charge is 0.480 e. The number of thioether (sulfide) groups is 1. The van der Waals surface area contributed by atoms with Gasteiger partial charge in [-0.2, -0.15) is 11.8 Å². The number of aliphatic carboxylic acids is 1. The number of carbonyl (C=O) groups excluding carboxylic acids is 3. The molecule has 0 fully saturated rings. The number of carbonyl (C=O) groups is 4. The van der Waals surface area contributed by atoms with Crippen molar-refractivity contribution in [1.29, 1.82) is 0 Å². The van der Waals surface area contributed by atoms with Crippen LogP contribution in [0.2, 0.25) is 0 Å². The number of carboxylic acid groups (broad SMARTS) is 1. The van der Waals surface area contributed by atoms with Gasteiger partial charge in [0.1, 0.15) is 12.1 Å². The second-order valence-electron chi connectivity index (χ2n) is 5.69. The minimum atomic E-state index is -1.45. The first kappa shape index (κ1) is 22.2. The van der Waals surface area contributed by atoms with Crippen molar-refractivity contribution < 1.29 is 24.3 Å². The zero-order valence-electron chi connectivity index (χ0n) is 14.1. The molecule has 0 aliphatic carbocycles. The van der Waals surface area contributed by atoms with Crippen LogP contribution in [0, 0.1) is 5.92 Å². The number of hydrogen-bond acceptors (Lipinski definition) is 6. The maximum Gasteiger partial charge on any atom is 0.326 e. The number of nitrogens with two attached hydrogens (primary N) is 2. The Bertz CT molecular complexity index is 472. The van der Waals surface area contributed by atoms with Crippen molar-refractivity contribution >= 4 is 35.5 Å². The van der Waals surface area contributed by atoms with Crippen LogP contribution in [0.1, 0.15) is 26.7 Å². The molecule has 0 aromatic heterocycles. The van der Waals surface area contributed by atoms with Crippen LogP contribution in [0.4, 0.5) is 0 Å². The maximum atomic E-state index is 12.3.